The average molecular weight is 155 g/mol. The highest BCUT2D eigenvalue weighted by molar-refractivity contribution is 5.80. The maximum Gasteiger partial charge on any atom is 0.223 e. The summed E-state index contributed by atoms with van der Waals surface area (Å²) in [6.07, 6.45) is 3.30. The molecule has 11 heavy (non-hydrogen) atoms. The van der Waals surface area contributed by atoms with Crippen LogP contribution in [-0.2, 0) is 4.79 Å². The van der Waals surface area contributed by atoms with Crippen LogP contribution in [0.5, 0.6) is 0 Å². The van der Waals surface area contributed by atoms with Crippen molar-refractivity contribution < 1.29 is 4.79 Å². The standard InChI is InChI=1S/C9H17NO/c1-7(2)3-4-8-5-6-10-9(8)11/h7-8H,3-6H2,1-2H3,(H,10,11). The summed E-state index contributed by atoms with van der Waals surface area (Å²) in [5.41, 5.74) is 0. The highest BCUT2D eigenvalue weighted by atomic mass is 16.2. The first-order valence-electron chi connectivity index (χ1n) is 4.48. The maximum atomic E-state index is 11.1. The van der Waals surface area contributed by atoms with Gasteiger partial charge < -0.3 is 5.32 Å². The van der Waals surface area contributed by atoms with E-state index in [1.807, 2.05) is 0 Å². The highest BCUT2D eigenvalue weighted by Crippen LogP contribution is 2.18. The van der Waals surface area contributed by atoms with E-state index in [2.05, 4.69) is 19.2 Å². The van der Waals surface area contributed by atoms with E-state index >= 15 is 0 Å². The van der Waals surface area contributed by atoms with Crippen molar-refractivity contribution in [2.75, 3.05) is 6.54 Å². The largest absolute Gasteiger partial charge is 0.356 e. The van der Waals surface area contributed by atoms with Crippen molar-refractivity contribution in [2.45, 2.75) is 33.1 Å². The topological polar surface area (TPSA) is 29.1 Å². The second-order valence-electron chi connectivity index (χ2n) is 3.75. The minimum atomic E-state index is 0.269. The van der Waals surface area contributed by atoms with Crippen molar-refractivity contribution in [1.29, 1.82) is 0 Å². The monoisotopic (exact) mass is 155 g/mol. The van der Waals surface area contributed by atoms with Gasteiger partial charge in [0, 0.05) is 12.5 Å². The van der Waals surface area contributed by atoms with Crippen LogP contribution in [0.25, 0.3) is 0 Å². The van der Waals surface area contributed by atoms with Crippen molar-refractivity contribution in [2.24, 2.45) is 11.8 Å². The summed E-state index contributed by atoms with van der Waals surface area (Å²) in [6, 6.07) is 0. The predicted octanol–water partition coefficient (Wildman–Crippen LogP) is 1.56. The summed E-state index contributed by atoms with van der Waals surface area (Å²) >= 11 is 0. The summed E-state index contributed by atoms with van der Waals surface area (Å²) in [5.74, 6) is 1.31. The van der Waals surface area contributed by atoms with Gasteiger partial charge in [0.25, 0.3) is 0 Å². The Bertz CT molecular complexity index is 142. The minimum Gasteiger partial charge on any atom is -0.356 e. The van der Waals surface area contributed by atoms with E-state index in [0.29, 0.717) is 5.92 Å². The number of hydrogen-bond donors (Lipinski definition) is 1. The number of amides is 1. The van der Waals surface area contributed by atoms with Crippen LogP contribution in [0.4, 0.5) is 0 Å². The molecule has 0 radical (unpaired) electrons. The zero-order valence-electron chi connectivity index (χ0n) is 7.39. The molecule has 1 fully saturated rings. The third kappa shape index (κ3) is 2.52. The quantitative estimate of drug-likeness (QED) is 0.658. The molecule has 1 aliphatic rings. The molecule has 0 aliphatic carbocycles. The van der Waals surface area contributed by atoms with Gasteiger partial charge in [-0.1, -0.05) is 20.3 Å². The zero-order chi connectivity index (χ0) is 8.27. The third-order valence-electron chi connectivity index (χ3n) is 2.26. The van der Waals surface area contributed by atoms with Crippen molar-refractivity contribution in [3.8, 4) is 0 Å². The van der Waals surface area contributed by atoms with Crippen molar-refractivity contribution >= 4 is 5.91 Å². The maximum absolute atomic E-state index is 11.1. The fraction of sp³-hybridized carbons (Fsp3) is 0.889. The van der Waals surface area contributed by atoms with Crippen LogP contribution in [0.3, 0.4) is 0 Å². The van der Waals surface area contributed by atoms with E-state index in [0.717, 1.165) is 25.3 Å². The van der Waals surface area contributed by atoms with Crippen LogP contribution in [0.15, 0.2) is 0 Å². The lowest BCUT2D eigenvalue weighted by molar-refractivity contribution is -0.122. The van der Waals surface area contributed by atoms with Crippen molar-refractivity contribution in [3.05, 3.63) is 0 Å². The molecule has 64 valence electrons. The first-order valence-corrected chi connectivity index (χ1v) is 4.48. The lowest BCUT2D eigenvalue weighted by Gasteiger charge is -2.07. The number of carbonyl (C=O) groups excluding carboxylic acids is 1. The Morgan fingerprint density at radius 2 is 2.36 bits per heavy atom. The van der Waals surface area contributed by atoms with Gasteiger partial charge in [0.05, 0.1) is 0 Å². The molecule has 1 rings (SSSR count). The van der Waals surface area contributed by atoms with Gasteiger partial charge in [-0.15, -0.1) is 0 Å². The SMILES string of the molecule is CC(C)CCC1CCNC1=O. The molecule has 0 aromatic carbocycles. The third-order valence-corrected chi connectivity index (χ3v) is 2.26. The van der Waals surface area contributed by atoms with Gasteiger partial charge in [0.2, 0.25) is 5.91 Å². The smallest absolute Gasteiger partial charge is 0.223 e. The summed E-state index contributed by atoms with van der Waals surface area (Å²) in [7, 11) is 0. The molecule has 0 spiro atoms. The summed E-state index contributed by atoms with van der Waals surface area (Å²) in [5, 5.41) is 2.85. The van der Waals surface area contributed by atoms with Gasteiger partial charge >= 0.3 is 0 Å². The molecule has 1 heterocycles. The number of rotatable bonds is 3. The Morgan fingerprint density at radius 1 is 1.64 bits per heavy atom. The fourth-order valence-electron chi connectivity index (χ4n) is 1.45. The molecular formula is C9H17NO. The highest BCUT2D eigenvalue weighted by Gasteiger charge is 2.23. The van der Waals surface area contributed by atoms with Crippen LogP contribution < -0.4 is 5.32 Å². The molecule has 0 saturated carbocycles. The lowest BCUT2D eigenvalue weighted by Crippen LogP contribution is -2.19. The first-order chi connectivity index (χ1) is 5.20. The van der Waals surface area contributed by atoms with E-state index in [9.17, 15) is 4.79 Å². The molecule has 1 unspecified atom stereocenters. The molecule has 1 atom stereocenters. The Labute approximate surface area is 68.4 Å². The van der Waals surface area contributed by atoms with Crippen LogP contribution in [-0.4, -0.2) is 12.5 Å². The number of nitrogens with one attached hydrogen (secondary N) is 1. The molecule has 0 bridgehead atoms. The summed E-state index contributed by atoms with van der Waals surface area (Å²) in [4.78, 5) is 11.1. The molecule has 2 nitrogen and oxygen atoms in total. The van der Waals surface area contributed by atoms with Gasteiger partial charge in [0.15, 0.2) is 0 Å². The lowest BCUT2D eigenvalue weighted by atomic mass is 9.97. The Morgan fingerprint density at radius 3 is 2.82 bits per heavy atom. The molecule has 1 N–H and O–H groups in total. The van der Waals surface area contributed by atoms with Gasteiger partial charge in [0.1, 0.15) is 0 Å². The normalized spacial score (nSPS) is 24.3. The number of carbonyl (C=O) groups is 1. The molecular weight excluding hydrogens is 138 g/mol. The molecule has 0 aromatic rings. The van der Waals surface area contributed by atoms with Crippen LogP contribution in [0, 0.1) is 11.8 Å². The van der Waals surface area contributed by atoms with Crippen LogP contribution in [0.2, 0.25) is 0 Å². The average Bonchev–Trinajstić information content (AvgIpc) is 2.31. The van der Waals surface area contributed by atoms with Crippen LogP contribution in [0.1, 0.15) is 33.1 Å². The van der Waals surface area contributed by atoms with E-state index < -0.39 is 0 Å². The molecule has 2 heteroatoms. The first kappa shape index (κ1) is 8.57. The van der Waals surface area contributed by atoms with Gasteiger partial charge in [-0.3, -0.25) is 4.79 Å². The second kappa shape index (κ2) is 3.74. The molecule has 1 saturated heterocycles. The van der Waals surface area contributed by atoms with Gasteiger partial charge in [-0.2, -0.15) is 0 Å². The zero-order valence-corrected chi connectivity index (χ0v) is 7.39. The Kier molecular flexibility index (Phi) is 2.92. The predicted molar refractivity (Wildman–Crippen MR) is 45.2 cm³/mol. The number of hydrogen-bond acceptors (Lipinski definition) is 1. The van der Waals surface area contributed by atoms with E-state index in [1.54, 1.807) is 0 Å². The van der Waals surface area contributed by atoms with Crippen LogP contribution >= 0.6 is 0 Å². The fourth-order valence-corrected chi connectivity index (χ4v) is 1.45. The van der Waals surface area contributed by atoms with Gasteiger partial charge in [-0.05, 0) is 18.8 Å². The Balaban J connectivity index is 2.20. The van der Waals surface area contributed by atoms with E-state index in [-0.39, 0.29) is 5.91 Å². The van der Waals surface area contributed by atoms with Gasteiger partial charge in [-0.25, -0.2) is 0 Å². The molecule has 1 aliphatic heterocycles. The second-order valence-corrected chi connectivity index (χ2v) is 3.75. The Hall–Kier alpha value is -0.530. The summed E-state index contributed by atoms with van der Waals surface area (Å²) in [6.45, 7) is 5.29. The molecule has 1 amide bonds. The van der Waals surface area contributed by atoms with Crippen molar-refractivity contribution in [1.82, 2.24) is 5.32 Å². The van der Waals surface area contributed by atoms with E-state index in [1.165, 1.54) is 6.42 Å². The molecule has 0 aromatic heterocycles. The summed E-state index contributed by atoms with van der Waals surface area (Å²) < 4.78 is 0. The van der Waals surface area contributed by atoms with Crippen molar-refractivity contribution in [3.63, 3.8) is 0 Å². The van der Waals surface area contributed by atoms with E-state index in [4.69, 9.17) is 0 Å². The minimum absolute atomic E-state index is 0.269.